The van der Waals surface area contributed by atoms with Gasteiger partial charge in [-0.05, 0) is 61.3 Å². The summed E-state index contributed by atoms with van der Waals surface area (Å²) >= 11 is 1.62. The van der Waals surface area contributed by atoms with Crippen molar-refractivity contribution in [1.82, 2.24) is 5.32 Å². The Labute approximate surface area is 182 Å². The first kappa shape index (κ1) is 21.1. The van der Waals surface area contributed by atoms with Crippen LogP contribution in [-0.2, 0) is 4.79 Å². The molecule has 5 heteroatoms. The van der Waals surface area contributed by atoms with E-state index >= 15 is 0 Å². The van der Waals surface area contributed by atoms with E-state index in [4.69, 9.17) is 5.11 Å². The number of rotatable bonds is 8. The van der Waals surface area contributed by atoms with E-state index in [1.165, 1.54) is 6.42 Å². The molecule has 3 aliphatic carbocycles. The van der Waals surface area contributed by atoms with Crippen molar-refractivity contribution in [2.45, 2.75) is 58.4 Å². The van der Waals surface area contributed by atoms with Crippen molar-refractivity contribution >= 4 is 33.3 Å². The molecule has 4 atom stereocenters. The first-order valence-corrected chi connectivity index (χ1v) is 11.9. The second-order valence-electron chi connectivity index (χ2n) is 9.48. The minimum Gasteiger partial charge on any atom is -0.481 e. The predicted molar refractivity (Wildman–Crippen MR) is 122 cm³/mol. The average Bonchev–Trinajstić information content (AvgIpc) is 3.15. The van der Waals surface area contributed by atoms with Gasteiger partial charge in [0.1, 0.15) is 0 Å². The molecule has 160 valence electrons. The third-order valence-corrected chi connectivity index (χ3v) is 8.46. The summed E-state index contributed by atoms with van der Waals surface area (Å²) in [4.78, 5) is 23.8. The SMILES string of the molecule is CC1(C)[C@H]2C[C@@H]1[C@H](CC=CCCCC(=O)O)[C@H](NC(=O)c1csc3ccccc13)C2. The fourth-order valence-corrected chi connectivity index (χ4v) is 6.52. The highest BCUT2D eigenvalue weighted by atomic mass is 32.1. The Kier molecular flexibility index (Phi) is 6.01. The van der Waals surface area contributed by atoms with Gasteiger partial charge in [-0.3, -0.25) is 9.59 Å². The van der Waals surface area contributed by atoms with E-state index in [9.17, 15) is 9.59 Å². The summed E-state index contributed by atoms with van der Waals surface area (Å²) in [6.45, 7) is 4.75. The molecule has 2 bridgehead atoms. The number of carbonyl (C=O) groups is 2. The van der Waals surface area contributed by atoms with Crippen molar-refractivity contribution in [3.05, 3.63) is 47.4 Å². The summed E-state index contributed by atoms with van der Waals surface area (Å²) in [6, 6.07) is 8.29. The number of nitrogens with one attached hydrogen (secondary N) is 1. The minimum atomic E-state index is -0.735. The molecule has 1 heterocycles. The molecule has 2 N–H and O–H groups in total. The Morgan fingerprint density at radius 2 is 2.03 bits per heavy atom. The molecule has 5 rings (SSSR count). The molecule has 0 unspecified atom stereocenters. The lowest BCUT2D eigenvalue weighted by molar-refractivity contribution is -0.137. The summed E-state index contributed by atoms with van der Waals surface area (Å²) < 4.78 is 1.15. The molecular formula is C25H31NO3S. The van der Waals surface area contributed by atoms with E-state index in [1.54, 1.807) is 11.3 Å². The molecule has 3 fully saturated rings. The first-order valence-electron chi connectivity index (χ1n) is 11.0. The highest BCUT2D eigenvalue weighted by Gasteiger charge is 2.57. The summed E-state index contributed by atoms with van der Waals surface area (Å²) in [5.41, 5.74) is 1.13. The smallest absolute Gasteiger partial charge is 0.303 e. The standard InChI is InChI=1S/C25H31NO3S/c1-25(2)16-13-20(25)18(10-5-3-4-6-12-23(27)28)21(14-16)26-24(29)19-15-30-22-11-8-7-9-17(19)22/h3,5,7-9,11,15-16,18,20-21H,4,6,10,12-14H2,1-2H3,(H,26,29)(H,27,28)/t16-,18-,20+,21+/m0/s1. The Balaban J connectivity index is 1.43. The largest absolute Gasteiger partial charge is 0.481 e. The van der Waals surface area contributed by atoms with E-state index in [-0.39, 0.29) is 18.4 Å². The highest BCUT2D eigenvalue weighted by Crippen LogP contribution is 2.62. The van der Waals surface area contributed by atoms with Crippen molar-refractivity contribution < 1.29 is 14.7 Å². The van der Waals surface area contributed by atoms with Gasteiger partial charge in [-0.2, -0.15) is 0 Å². The monoisotopic (exact) mass is 425 g/mol. The summed E-state index contributed by atoms with van der Waals surface area (Å²) in [6.07, 6.45) is 9.29. The molecule has 3 saturated carbocycles. The Hall–Kier alpha value is -2.14. The fourth-order valence-electron chi connectivity index (χ4n) is 5.58. The summed E-state index contributed by atoms with van der Waals surface area (Å²) in [5, 5.41) is 15.2. The molecule has 0 spiro atoms. The number of thiophene rings is 1. The molecule has 1 aromatic heterocycles. The van der Waals surface area contributed by atoms with Crippen LogP contribution < -0.4 is 5.32 Å². The minimum absolute atomic E-state index is 0.0481. The van der Waals surface area contributed by atoms with Gasteiger partial charge in [-0.15, -0.1) is 11.3 Å². The van der Waals surface area contributed by atoms with Crippen LogP contribution in [0.25, 0.3) is 10.1 Å². The Bertz CT molecular complexity index is 960. The van der Waals surface area contributed by atoms with Crippen molar-refractivity contribution in [3.63, 3.8) is 0 Å². The fraction of sp³-hybridized carbons (Fsp3) is 0.520. The van der Waals surface area contributed by atoms with Gasteiger partial charge in [-0.25, -0.2) is 0 Å². The zero-order chi connectivity index (χ0) is 21.3. The van der Waals surface area contributed by atoms with Gasteiger partial charge in [0.15, 0.2) is 0 Å². The predicted octanol–water partition coefficient (Wildman–Crippen LogP) is 5.88. The van der Waals surface area contributed by atoms with E-state index in [0.29, 0.717) is 29.6 Å². The van der Waals surface area contributed by atoms with Crippen LogP contribution in [-0.4, -0.2) is 23.0 Å². The van der Waals surface area contributed by atoms with E-state index < -0.39 is 5.97 Å². The molecule has 0 radical (unpaired) electrons. The number of carboxylic acids is 1. The number of carboxylic acid groups (broad SMARTS) is 1. The third kappa shape index (κ3) is 4.04. The molecule has 0 aliphatic heterocycles. The van der Waals surface area contributed by atoms with Crippen LogP contribution in [0.5, 0.6) is 0 Å². The van der Waals surface area contributed by atoms with Gasteiger partial charge in [0.05, 0.1) is 5.56 Å². The normalized spacial score (nSPS) is 27.1. The number of benzene rings is 1. The number of amides is 1. The van der Waals surface area contributed by atoms with Gasteiger partial charge in [0, 0.05) is 27.9 Å². The average molecular weight is 426 g/mol. The maximum Gasteiger partial charge on any atom is 0.303 e. The van der Waals surface area contributed by atoms with Crippen LogP contribution in [0.15, 0.2) is 41.8 Å². The Morgan fingerprint density at radius 1 is 1.23 bits per heavy atom. The van der Waals surface area contributed by atoms with Gasteiger partial charge >= 0.3 is 5.97 Å². The molecule has 4 nitrogen and oxygen atoms in total. The quantitative estimate of drug-likeness (QED) is 0.410. The molecule has 1 amide bonds. The van der Waals surface area contributed by atoms with E-state index in [0.717, 1.165) is 34.9 Å². The Morgan fingerprint density at radius 3 is 2.80 bits per heavy atom. The van der Waals surface area contributed by atoms with Crippen LogP contribution in [0.3, 0.4) is 0 Å². The molecule has 0 saturated heterocycles. The maximum absolute atomic E-state index is 13.1. The number of hydrogen-bond acceptors (Lipinski definition) is 3. The van der Waals surface area contributed by atoms with E-state index in [1.807, 2.05) is 23.6 Å². The van der Waals surface area contributed by atoms with Crippen LogP contribution >= 0.6 is 11.3 Å². The lowest BCUT2D eigenvalue weighted by Crippen LogP contribution is -2.61. The van der Waals surface area contributed by atoms with Gasteiger partial charge < -0.3 is 10.4 Å². The van der Waals surface area contributed by atoms with E-state index in [2.05, 4.69) is 37.4 Å². The maximum atomic E-state index is 13.1. The molecule has 3 aliphatic rings. The number of carbonyl (C=O) groups excluding carboxylic acids is 1. The van der Waals surface area contributed by atoms with Crippen molar-refractivity contribution in [2.24, 2.45) is 23.2 Å². The first-order chi connectivity index (χ1) is 14.4. The molecule has 1 aromatic carbocycles. The number of fused-ring (bicyclic) bond motifs is 3. The van der Waals surface area contributed by atoms with Crippen LogP contribution in [0.2, 0.25) is 0 Å². The number of allylic oxidation sites excluding steroid dienone is 2. The van der Waals surface area contributed by atoms with Crippen molar-refractivity contribution in [2.75, 3.05) is 0 Å². The summed E-state index contributed by atoms with van der Waals surface area (Å²) in [5.74, 6) is 1.07. The van der Waals surface area contributed by atoms with Gasteiger partial charge in [0.2, 0.25) is 0 Å². The molecule has 30 heavy (non-hydrogen) atoms. The van der Waals surface area contributed by atoms with Gasteiger partial charge in [-0.1, -0.05) is 44.2 Å². The second-order valence-corrected chi connectivity index (χ2v) is 10.4. The summed E-state index contributed by atoms with van der Waals surface area (Å²) in [7, 11) is 0. The number of hydrogen-bond donors (Lipinski definition) is 2. The highest BCUT2D eigenvalue weighted by molar-refractivity contribution is 7.17. The van der Waals surface area contributed by atoms with Crippen LogP contribution in [0.4, 0.5) is 0 Å². The van der Waals surface area contributed by atoms with Crippen molar-refractivity contribution in [3.8, 4) is 0 Å². The van der Waals surface area contributed by atoms with Gasteiger partial charge in [0.25, 0.3) is 5.91 Å². The topological polar surface area (TPSA) is 66.4 Å². The number of aliphatic carboxylic acids is 1. The lowest BCUT2D eigenvalue weighted by atomic mass is 9.44. The van der Waals surface area contributed by atoms with Crippen molar-refractivity contribution in [1.29, 1.82) is 0 Å². The number of unbranched alkanes of at least 4 members (excludes halogenated alkanes) is 1. The molecular weight excluding hydrogens is 394 g/mol. The second kappa shape index (κ2) is 8.54. The third-order valence-electron chi connectivity index (χ3n) is 7.50. The van der Waals surface area contributed by atoms with Crippen LogP contribution in [0, 0.1) is 23.2 Å². The lowest BCUT2D eigenvalue weighted by Gasteiger charge is -2.62. The molecule has 2 aromatic rings. The zero-order valence-electron chi connectivity index (χ0n) is 17.8. The zero-order valence-corrected chi connectivity index (χ0v) is 18.6. The van der Waals surface area contributed by atoms with Crippen LogP contribution in [0.1, 0.15) is 62.7 Å².